The molecule has 0 aliphatic heterocycles. The Morgan fingerprint density at radius 1 is 1.19 bits per heavy atom. The van der Waals surface area contributed by atoms with Gasteiger partial charge in [0.15, 0.2) is 0 Å². The predicted molar refractivity (Wildman–Crippen MR) is 87.8 cm³/mol. The second-order valence-electron chi connectivity index (χ2n) is 5.85. The molecule has 0 aliphatic rings. The number of benzene rings is 1. The highest BCUT2D eigenvalue weighted by Gasteiger charge is 2.18. The summed E-state index contributed by atoms with van der Waals surface area (Å²) in [5, 5.41) is 0. The molecule has 0 aliphatic carbocycles. The van der Waals surface area contributed by atoms with Gasteiger partial charge in [-0.2, -0.15) is 0 Å². The summed E-state index contributed by atoms with van der Waals surface area (Å²) in [5.41, 5.74) is 6.88. The van der Waals surface area contributed by atoms with Crippen molar-refractivity contribution in [1.82, 2.24) is 9.62 Å². The molecule has 0 aromatic heterocycles. The van der Waals surface area contributed by atoms with E-state index in [4.69, 9.17) is 5.73 Å². The summed E-state index contributed by atoms with van der Waals surface area (Å²) >= 11 is 0. The van der Waals surface area contributed by atoms with Gasteiger partial charge in [0.2, 0.25) is 10.0 Å². The van der Waals surface area contributed by atoms with Crippen molar-refractivity contribution in [1.29, 1.82) is 0 Å². The van der Waals surface area contributed by atoms with Crippen molar-refractivity contribution in [3.05, 3.63) is 23.8 Å². The van der Waals surface area contributed by atoms with Crippen molar-refractivity contribution in [3.8, 4) is 0 Å². The van der Waals surface area contributed by atoms with Gasteiger partial charge in [-0.3, -0.25) is 4.90 Å². The summed E-state index contributed by atoms with van der Waals surface area (Å²) in [5.74, 6) is 0. The fourth-order valence-electron chi connectivity index (χ4n) is 2.47. The molecule has 21 heavy (non-hydrogen) atoms. The van der Waals surface area contributed by atoms with Crippen molar-refractivity contribution >= 4 is 15.7 Å². The summed E-state index contributed by atoms with van der Waals surface area (Å²) < 4.78 is 27.3. The van der Waals surface area contributed by atoms with E-state index in [1.165, 1.54) is 0 Å². The van der Waals surface area contributed by atoms with Gasteiger partial charge in [0.1, 0.15) is 0 Å². The van der Waals surface area contributed by atoms with Crippen LogP contribution in [0.5, 0.6) is 0 Å². The molecule has 0 unspecified atom stereocenters. The van der Waals surface area contributed by atoms with Crippen LogP contribution >= 0.6 is 0 Å². The van der Waals surface area contributed by atoms with Crippen LogP contribution in [-0.2, 0) is 10.0 Å². The van der Waals surface area contributed by atoms with Crippen LogP contribution < -0.4 is 10.5 Å². The van der Waals surface area contributed by atoms with Crippen LogP contribution in [0.15, 0.2) is 23.1 Å². The number of nitrogens with one attached hydrogen (secondary N) is 1. The SMILES string of the molecule is Cc1cc(N)ccc1S(=O)(=O)NCCN(C(C)C)C(C)C. The minimum atomic E-state index is -3.49. The highest BCUT2D eigenvalue weighted by atomic mass is 32.2. The van der Waals surface area contributed by atoms with Crippen molar-refractivity contribution in [2.45, 2.75) is 51.6 Å². The lowest BCUT2D eigenvalue weighted by atomic mass is 10.2. The first-order chi connectivity index (χ1) is 9.65. The van der Waals surface area contributed by atoms with Crippen LogP contribution in [0.3, 0.4) is 0 Å². The van der Waals surface area contributed by atoms with Gasteiger partial charge in [-0.05, 0) is 58.4 Å². The molecule has 5 nitrogen and oxygen atoms in total. The molecule has 6 heteroatoms. The normalized spacial score (nSPS) is 12.6. The zero-order valence-corrected chi connectivity index (χ0v) is 14.4. The van der Waals surface area contributed by atoms with Crippen LogP contribution in [0.25, 0.3) is 0 Å². The van der Waals surface area contributed by atoms with E-state index in [2.05, 4.69) is 37.3 Å². The summed E-state index contributed by atoms with van der Waals surface area (Å²) in [6.07, 6.45) is 0. The van der Waals surface area contributed by atoms with Crippen molar-refractivity contribution in [2.75, 3.05) is 18.8 Å². The number of aryl methyl sites for hydroxylation is 1. The van der Waals surface area contributed by atoms with Crippen molar-refractivity contribution < 1.29 is 8.42 Å². The maximum Gasteiger partial charge on any atom is 0.240 e. The van der Waals surface area contributed by atoms with Crippen LogP contribution in [0.2, 0.25) is 0 Å². The monoisotopic (exact) mass is 313 g/mol. The molecular weight excluding hydrogens is 286 g/mol. The molecule has 0 fully saturated rings. The first-order valence-corrected chi connectivity index (χ1v) is 8.75. The van der Waals surface area contributed by atoms with Gasteiger partial charge in [-0.25, -0.2) is 13.1 Å². The highest BCUT2D eigenvalue weighted by molar-refractivity contribution is 7.89. The molecule has 0 atom stereocenters. The van der Waals surface area contributed by atoms with Crippen LogP contribution in [0.4, 0.5) is 5.69 Å². The molecule has 1 aromatic carbocycles. The Kier molecular flexibility index (Phi) is 6.19. The van der Waals surface area contributed by atoms with Gasteiger partial charge < -0.3 is 5.73 Å². The minimum Gasteiger partial charge on any atom is -0.399 e. The molecule has 3 N–H and O–H groups in total. The van der Waals surface area contributed by atoms with Gasteiger partial charge in [-0.15, -0.1) is 0 Å². The lowest BCUT2D eigenvalue weighted by Gasteiger charge is -2.30. The first kappa shape index (κ1) is 17.9. The molecule has 0 bridgehead atoms. The quantitative estimate of drug-likeness (QED) is 0.755. The number of hydrogen-bond acceptors (Lipinski definition) is 4. The smallest absolute Gasteiger partial charge is 0.240 e. The zero-order valence-electron chi connectivity index (χ0n) is 13.6. The van der Waals surface area contributed by atoms with Crippen molar-refractivity contribution in [3.63, 3.8) is 0 Å². The summed E-state index contributed by atoms with van der Waals surface area (Å²) in [7, 11) is -3.49. The Hall–Kier alpha value is -1.11. The van der Waals surface area contributed by atoms with Gasteiger partial charge in [0.05, 0.1) is 4.90 Å². The third-order valence-corrected chi connectivity index (χ3v) is 5.10. The predicted octanol–water partition coefficient (Wildman–Crippen LogP) is 1.97. The fourth-order valence-corrected chi connectivity index (χ4v) is 3.72. The van der Waals surface area contributed by atoms with E-state index in [1.807, 2.05) is 0 Å². The third kappa shape index (κ3) is 4.98. The summed E-state index contributed by atoms with van der Waals surface area (Å²) in [6, 6.07) is 5.59. The molecule has 0 amide bonds. The molecule has 0 heterocycles. The maximum absolute atomic E-state index is 12.3. The van der Waals surface area contributed by atoms with E-state index in [1.54, 1.807) is 25.1 Å². The van der Waals surface area contributed by atoms with Gasteiger partial charge >= 0.3 is 0 Å². The molecule has 1 rings (SSSR count). The average Bonchev–Trinajstić information content (AvgIpc) is 2.33. The second kappa shape index (κ2) is 7.24. The third-order valence-electron chi connectivity index (χ3n) is 3.48. The largest absolute Gasteiger partial charge is 0.399 e. The Balaban J connectivity index is 2.73. The standard InChI is InChI=1S/C15H27N3O2S/c1-11(2)18(12(3)4)9-8-17-21(19,20)15-7-6-14(16)10-13(15)5/h6-7,10-12,17H,8-9,16H2,1-5H3. The number of rotatable bonds is 7. The molecular formula is C15H27N3O2S. The molecule has 1 aromatic rings. The number of sulfonamides is 1. The maximum atomic E-state index is 12.3. The number of anilines is 1. The van der Waals surface area contributed by atoms with Gasteiger partial charge in [0.25, 0.3) is 0 Å². The number of nitrogens with two attached hydrogens (primary N) is 1. The van der Waals surface area contributed by atoms with E-state index >= 15 is 0 Å². The average molecular weight is 313 g/mol. The van der Waals surface area contributed by atoms with E-state index in [-0.39, 0.29) is 4.90 Å². The van der Waals surface area contributed by atoms with E-state index in [0.29, 0.717) is 36.4 Å². The lowest BCUT2D eigenvalue weighted by molar-refractivity contribution is 0.179. The Morgan fingerprint density at radius 2 is 1.76 bits per heavy atom. The number of nitrogens with zero attached hydrogens (tertiary/aromatic N) is 1. The van der Waals surface area contributed by atoms with E-state index in [0.717, 1.165) is 0 Å². The molecule has 0 spiro atoms. The Labute approximate surface area is 128 Å². The molecule has 0 radical (unpaired) electrons. The number of hydrogen-bond donors (Lipinski definition) is 2. The van der Waals surface area contributed by atoms with Crippen LogP contribution in [-0.4, -0.2) is 38.5 Å². The van der Waals surface area contributed by atoms with Gasteiger partial charge in [-0.1, -0.05) is 0 Å². The summed E-state index contributed by atoms with van der Waals surface area (Å²) in [4.78, 5) is 2.54. The molecule has 0 saturated heterocycles. The van der Waals surface area contributed by atoms with Crippen LogP contribution in [0, 0.1) is 6.92 Å². The first-order valence-electron chi connectivity index (χ1n) is 7.26. The number of nitrogen functional groups attached to an aromatic ring is 1. The van der Waals surface area contributed by atoms with Crippen LogP contribution in [0.1, 0.15) is 33.3 Å². The molecule has 0 saturated carbocycles. The second-order valence-corrected chi connectivity index (χ2v) is 7.58. The van der Waals surface area contributed by atoms with E-state index in [9.17, 15) is 8.42 Å². The fraction of sp³-hybridized carbons (Fsp3) is 0.600. The Bertz CT molecular complexity index is 560. The topological polar surface area (TPSA) is 75.4 Å². The lowest BCUT2D eigenvalue weighted by Crippen LogP contribution is -2.42. The zero-order chi connectivity index (χ0) is 16.2. The minimum absolute atomic E-state index is 0.289. The highest BCUT2D eigenvalue weighted by Crippen LogP contribution is 2.17. The Morgan fingerprint density at radius 3 is 2.24 bits per heavy atom. The van der Waals surface area contributed by atoms with E-state index < -0.39 is 10.0 Å². The van der Waals surface area contributed by atoms with Gasteiger partial charge in [0, 0.05) is 30.9 Å². The summed E-state index contributed by atoms with van der Waals surface area (Å²) in [6.45, 7) is 11.3. The van der Waals surface area contributed by atoms with Crippen molar-refractivity contribution in [2.24, 2.45) is 0 Å². The molecule has 120 valence electrons.